The summed E-state index contributed by atoms with van der Waals surface area (Å²) in [6.45, 7) is 0.395. The Bertz CT molecular complexity index is 779. The number of ether oxygens (including phenoxy) is 1. The predicted molar refractivity (Wildman–Crippen MR) is 83.4 cm³/mol. The molecule has 0 spiro atoms. The molecule has 0 aliphatic carbocycles. The quantitative estimate of drug-likeness (QED) is 0.758. The van der Waals surface area contributed by atoms with Crippen molar-refractivity contribution in [1.82, 2.24) is 9.38 Å². The molecule has 3 rings (SSSR count). The van der Waals surface area contributed by atoms with Gasteiger partial charge in [-0.2, -0.15) is 4.98 Å². The van der Waals surface area contributed by atoms with Crippen LogP contribution in [0, 0.1) is 5.82 Å². The number of rotatable bonds is 4. The number of methoxy groups -OCH3 is 1. The van der Waals surface area contributed by atoms with Crippen LogP contribution in [0.2, 0.25) is 10.0 Å². The largest absolute Gasteiger partial charge is 0.480 e. The number of imidazole rings is 1. The molecule has 1 aromatic carbocycles. The van der Waals surface area contributed by atoms with Crippen LogP contribution in [0.3, 0.4) is 0 Å². The molecule has 3 aromatic rings. The first-order valence-corrected chi connectivity index (χ1v) is 7.60. The van der Waals surface area contributed by atoms with Gasteiger partial charge in [0.05, 0.1) is 29.4 Å². The Labute approximate surface area is 134 Å². The zero-order valence-corrected chi connectivity index (χ0v) is 13.2. The van der Waals surface area contributed by atoms with Crippen molar-refractivity contribution in [1.29, 1.82) is 0 Å². The second-order valence-electron chi connectivity index (χ2n) is 4.22. The number of hydrogen-bond donors (Lipinski definition) is 1. The number of benzene rings is 1. The average molecular weight is 346 g/mol. The zero-order valence-electron chi connectivity index (χ0n) is 10.9. The zero-order chi connectivity index (χ0) is 15.0. The van der Waals surface area contributed by atoms with E-state index in [1.807, 2.05) is 16.0 Å². The van der Waals surface area contributed by atoms with E-state index in [1.165, 1.54) is 23.5 Å². The van der Waals surface area contributed by atoms with E-state index in [4.69, 9.17) is 27.9 Å². The highest BCUT2D eigenvalue weighted by molar-refractivity contribution is 7.15. The summed E-state index contributed by atoms with van der Waals surface area (Å²) in [5, 5.41) is 5.49. The minimum atomic E-state index is -0.474. The highest BCUT2D eigenvalue weighted by Crippen LogP contribution is 2.32. The van der Waals surface area contributed by atoms with Gasteiger partial charge in [0, 0.05) is 11.6 Å². The Morgan fingerprint density at radius 3 is 2.76 bits per heavy atom. The lowest BCUT2D eigenvalue weighted by molar-refractivity contribution is 0.395. The monoisotopic (exact) mass is 345 g/mol. The van der Waals surface area contributed by atoms with Crippen molar-refractivity contribution < 1.29 is 9.13 Å². The Kier molecular flexibility index (Phi) is 3.93. The van der Waals surface area contributed by atoms with Gasteiger partial charge < -0.3 is 10.1 Å². The van der Waals surface area contributed by atoms with Crippen molar-refractivity contribution in [2.45, 2.75) is 6.54 Å². The standard InChI is InChI=1S/C13H10Cl2FN3OS/c1-20-12-10(19-2-3-21-13(19)18-12)6-17-11-8(14)4-7(16)5-9(11)15/h2-5,17H,6H2,1H3. The minimum absolute atomic E-state index is 0.227. The molecule has 0 atom stereocenters. The van der Waals surface area contributed by atoms with Crippen LogP contribution in [0.15, 0.2) is 23.7 Å². The highest BCUT2D eigenvalue weighted by Gasteiger charge is 2.15. The van der Waals surface area contributed by atoms with Crippen LogP contribution >= 0.6 is 34.5 Å². The summed E-state index contributed by atoms with van der Waals surface area (Å²) in [6, 6.07) is 2.42. The number of anilines is 1. The SMILES string of the molecule is COc1nc2sccn2c1CNc1c(Cl)cc(F)cc1Cl. The molecule has 1 N–H and O–H groups in total. The van der Waals surface area contributed by atoms with E-state index in [2.05, 4.69) is 10.3 Å². The van der Waals surface area contributed by atoms with Gasteiger partial charge in [-0.25, -0.2) is 4.39 Å². The molecule has 0 amide bonds. The van der Waals surface area contributed by atoms with E-state index in [0.29, 0.717) is 18.1 Å². The van der Waals surface area contributed by atoms with Crippen LogP contribution in [-0.2, 0) is 6.54 Å². The number of fused-ring (bicyclic) bond motifs is 1. The topological polar surface area (TPSA) is 38.6 Å². The van der Waals surface area contributed by atoms with E-state index >= 15 is 0 Å². The van der Waals surface area contributed by atoms with E-state index in [-0.39, 0.29) is 10.0 Å². The molecule has 0 radical (unpaired) electrons. The fourth-order valence-corrected chi connectivity index (χ4v) is 3.34. The molecule has 0 bridgehead atoms. The first-order valence-electron chi connectivity index (χ1n) is 5.97. The third-order valence-corrected chi connectivity index (χ3v) is 4.31. The molecule has 4 nitrogen and oxygen atoms in total. The number of thiazole rings is 1. The van der Waals surface area contributed by atoms with Gasteiger partial charge in [-0.05, 0) is 12.1 Å². The van der Waals surface area contributed by atoms with Gasteiger partial charge in [-0.1, -0.05) is 23.2 Å². The van der Waals surface area contributed by atoms with Crippen LogP contribution in [0.25, 0.3) is 4.96 Å². The van der Waals surface area contributed by atoms with Crippen LogP contribution in [0.1, 0.15) is 5.69 Å². The lowest BCUT2D eigenvalue weighted by Crippen LogP contribution is -2.05. The Balaban J connectivity index is 1.91. The maximum atomic E-state index is 13.2. The summed E-state index contributed by atoms with van der Waals surface area (Å²) >= 11 is 13.5. The minimum Gasteiger partial charge on any atom is -0.480 e. The second kappa shape index (κ2) is 5.71. The lowest BCUT2D eigenvalue weighted by atomic mass is 10.3. The molecular formula is C13H10Cl2FN3OS. The summed E-state index contributed by atoms with van der Waals surface area (Å²) in [5.74, 6) is 0.0569. The van der Waals surface area contributed by atoms with Crippen LogP contribution in [0.4, 0.5) is 10.1 Å². The third-order valence-electron chi connectivity index (χ3n) is 2.96. The number of nitrogens with one attached hydrogen (secondary N) is 1. The fourth-order valence-electron chi connectivity index (χ4n) is 2.02. The lowest BCUT2D eigenvalue weighted by Gasteiger charge is -2.11. The summed E-state index contributed by atoms with van der Waals surface area (Å²) in [5.41, 5.74) is 1.32. The maximum absolute atomic E-state index is 13.2. The molecule has 0 fully saturated rings. The summed E-state index contributed by atoms with van der Waals surface area (Å²) in [4.78, 5) is 5.19. The molecular weight excluding hydrogens is 336 g/mol. The number of nitrogens with zero attached hydrogens (tertiary/aromatic N) is 2. The van der Waals surface area contributed by atoms with Crippen molar-refractivity contribution in [3.05, 3.63) is 45.3 Å². The van der Waals surface area contributed by atoms with Crippen molar-refractivity contribution in [2.75, 3.05) is 12.4 Å². The Morgan fingerprint density at radius 2 is 2.10 bits per heavy atom. The van der Waals surface area contributed by atoms with Crippen LogP contribution < -0.4 is 10.1 Å². The Morgan fingerprint density at radius 1 is 1.38 bits per heavy atom. The van der Waals surface area contributed by atoms with Crippen molar-refractivity contribution in [2.24, 2.45) is 0 Å². The molecule has 0 saturated heterocycles. The maximum Gasteiger partial charge on any atom is 0.238 e. The summed E-state index contributed by atoms with van der Waals surface area (Å²) in [7, 11) is 1.56. The molecule has 2 heterocycles. The summed E-state index contributed by atoms with van der Waals surface area (Å²) < 4.78 is 20.4. The molecule has 21 heavy (non-hydrogen) atoms. The van der Waals surface area contributed by atoms with E-state index < -0.39 is 5.82 Å². The van der Waals surface area contributed by atoms with Crippen molar-refractivity contribution >= 4 is 45.2 Å². The molecule has 0 aliphatic heterocycles. The highest BCUT2D eigenvalue weighted by atomic mass is 35.5. The first-order chi connectivity index (χ1) is 10.1. The van der Waals surface area contributed by atoms with Gasteiger partial charge in [0.25, 0.3) is 0 Å². The fraction of sp³-hybridized carbons (Fsp3) is 0.154. The van der Waals surface area contributed by atoms with Crippen LogP contribution in [0.5, 0.6) is 5.88 Å². The van der Waals surface area contributed by atoms with Crippen molar-refractivity contribution in [3.63, 3.8) is 0 Å². The molecule has 0 unspecified atom stereocenters. The molecule has 110 valence electrons. The first kappa shape index (κ1) is 14.4. The van der Waals surface area contributed by atoms with Crippen molar-refractivity contribution in [3.8, 4) is 5.88 Å². The Hall–Kier alpha value is -1.50. The predicted octanol–water partition coefficient (Wildman–Crippen LogP) is 4.46. The van der Waals surface area contributed by atoms with Gasteiger partial charge in [0.15, 0.2) is 4.96 Å². The molecule has 0 aliphatic rings. The second-order valence-corrected chi connectivity index (χ2v) is 5.91. The molecule has 2 aromatic heterocycles. The van der Waals surface area contributed by atoms with Gasteiger partial charge in [0.2, 0.25) is 5.88 Å². The van der Waals surface area contributed by atoms with E-state index in [1.54, 1.807) is 7.11 Å². The normalized spacial score (nSPS) is 11.0. The van der Waals surface area contributed by atoms with Gasteiger partial charge in [0.1, 0.15) is 11.5 Å². The van der Waals surface area contributed by atoms with Gasteiger partial charge >= 0.3 is 0 Å². The molecule has 0 saturated carbocycles. The third kappa shape index (κ3) is 2.66. The van der Waals surface area contributed by atoms with E-state index in [0.717, 1.165) is 10.7 Å². The van der Waals surface area contributed by atoms with Gasteiger partial charge in [-0.15, -0.1) is 11.3 Å². The smallest absolute Gasteiger partial charge is 0.238 e. The molecule has 8 heteroatoms. The number of hydrogen-bond acceptors (Lipinski definition) is 4. The van der Waals surface area contributed by atoms with E-state index in [9.17, 15) is 4.39 Å². The average Bonchev–Trinajstić information content (AvgIpc) is 2.98. The number of halogens is 3. The summed E-state index contributed by atoms with van der Waals surface area (Å²) in [6.07, 6.45) is 1.90. The number of aromatic nitrogens is 2. The van der Waals surface area contributed by atoms with Crippen LogP contribution in [-0.4, -0.2) is 16.5 Å². The van der Waals surface area contributed by atoms with Gasteiger partial charge in [-0.3, -0.25) is 4.40 Å².